The van der Waals surface area contributed by atoms with Crippen LogP contribution in [0.3, 0.4) is 0 Å². The molecule has 0 spiro atoms. The van der Waals surface area contributed by atoms with E-state index in [2.05, 4.69) is 17.1 Å². The van der Waals surface area contributed by atoms with Gasteiger partial charge >= 0.3 is 0 Å². The summed E-state index contributed by atoms with van der Waals surface area (Å²) in [7, 11) is 0. The first kappa shape index (κ1) is 13.7. The smallest absolute Gasteiger partial charge is 0.0637 e. The van der Waals surface area contributed by atoms with E-state index in [4.69, 9.17) is 11.6 Å². The molecule has 100 valence electrons. The standard InChI is InChI=1S/C15H23ClN2/c1-2-13-7-10-18(11-8-13)12-9-17-15-6-4-3-5-14(15)16/h3-6,13,17H,2,7-12H2,1H3. The molecule has 0 bridgehead atoms. The third-order valence-electron chi connectivity index (χ3n) is 3.90. The molecule has 1 aliphatic heterocycles. The molecule has 1 heterocycles. The second-order valence-corrected chi connectivity index (χ2v) is 5.51. The Morgan fingerprint density at radius 2 is 2.00 bits per heavy atom. The summed E-state index contributed by atoms with van der Waals surface area (Å²) >= 11 is 6.11. The number of rotatable bonds is 5. The number of nitrogens with one attached hydrogen (secondary N) is 1. The highest BCUT2D eigenvalue weighted by Gasteiger charge is 2.16. The number of nitrogens with zero attached hydrogens (tertiary/aromatic N) is 1. The van der Waals surface area contributed by atoms with E-state index in [1.54, 1.807) is 0 Å². The number of halogens is 1. The van der Waals surface area contributed by atoms with Crippen LogP contribution >= 0.6 is 11.6 Å². The van der Waals surface area contributed by atoms with Crippen molar-refractivity contribution in [3.05, 3.63) is 29.3 Å². The predicted molar refractivity (Wildman–Crippen MR) is 79.4 cm³/mol. The Balaban J connectivity index is 1.69. The first-order valence-corrected chi connectivity index (χ1v) is 7.38. The summed E-state index contributed by atoms with van der Waals surface area (Å²) in [5.41, 5.74) is 1.04. The monoisotopic (exact) mass is 266 g/mol. The van der Waals surface area contributed by atoms with Crippen LogP contribution in [0.25, 0.3) is 0 Å². The Morgan fingerprint density at radius 3 is 2.67 bits per heavy atom. The van der Waals surface area contributed by atoms with E-state index in [1.807, 2.05) is 24.3 Å². The van der Waals surface area contributed by atoms with Crippen molar-refractivity contribution in [2.75, 3.05) is 31.5 Å². The van der Waals surface area contributed by atoms with Crippen molar-refractivity contribution >= 4 is 17.3 Å². The van der Waals surface area contributed by atoms with Crippen molar-refractivity contribution in [1.29, 1.82) is 0 Å². The van der Waals surface area contributed by atoms with E-state index in [-0.39, 0.29) is 0 Å². The Bertz CT molecular complexity index is 359. The molecule has 2 nitrogen and oxygen atoms in total. The van der Waals surface area contributed by atoms with Crippen LogP contribution in [0.5, 0.6) is 0 Å². The third kappa shape index (κ3) is 3.89. The van der Waals surface area contributed by atoms with Gasteiger partial charge in [-0.2, -0.15) is 0 Å². The normalized spacial score (nSPS) is 17.9. The van der Waals surface area contributed by atoms with Crippen LogP contribution in [0, 0.1) is 5.92 Å². The van der Waals surface area contributed by atoms with E-state index in [1.165, 1.54) is 32.4 Å². The van der Waals surface area contributed by atoms with Crippen LogP contribution < -0.4 is 5.32 Å². The number of anilines is 1. The topological polar surface area (TPSA) is 15.3 Å². The highest BCUT2D eigenvalue weighted by Crippen LogP contribution is 2.21. The maximum Gasteiger partial charge on any atom is 0.0637 e. The minimum absolute atomic E-state index is 0.808. The Morgan fingerprint density at radius 1 is 1.28 bits per heavy atom. The highest BCUT2D eigenvalue weighted by molar-refractivity contribution is 6.33. The molecule has 18 heavy (non-hydrogen) atoms. The van der Waals surface area contributed by atoms with E-state index in [0.717, 1.165) is 29.7 Å². The molecule has 1 saturated heterocycles. The van der Waals surface area contributed by atoms with Gasteiger partial charge in [0.05, 0.1) is 10.7 Å². The van der Waals surface area contributed by atoms with Crippen molar-refractivity contribution in [2.24, 2.45) is 5.92 Å². The van der Waals surface area contributed by atoms with Crippen LogP contribution in [0.2, 0.25) is 5.02 Å². The van der Waals surface area contributed by atoms with E-state index >= 15 is 0 Å². The zero-order chi connectivity index (χ0) is 12.8. The van der Waals surface area contributed by atoms with Crippen LogP contribution in [0.1, 0.15) is 26.2 Å². The lowest BCUT2D eigenvalue weighted by Crippen LogP contribution is -2.36. The fourth-order valence-corrected chi connectivity index (χ4v) is 2.77. The molecule has 0 aromatic heterocycles. The van der Waals surface area contributed by atoms with Crippen molar-refractivity contribution < 1.29 is 0 Å². The number of hydrogen-bond acceptors (Lipinski definition) is 2. The van der Waals surface area contributed by atoms with Crippen molar-refractivity contribution in [1.82, 2.24) is 4.90 Å². The summed E-state index contributed by atoms with van der Waals surface area (Å²) in [6, 6.07) is 7.94. The van der Waals surface area contributed by atoms with Gasteiger partial charge in [0.25, 0.3) is 0 Å². The Labute approximate surface area is 115 Å². The number of piperidine rings is 1. The SMILES string of the molecule is CCC1CCN(CCNc2ccccc2Cl)CC1. The molecule has 0 atom stereocenters. The van der Waals surface area contributed by atoms with E-state index in [9.17, 15) is 0 Å². The quantitative estimate of drug-likeness (QED) is 0.870. The van der Waals surface area contributed by atoms with Crippen molar-refractivity contribution in [3.63, 3.8) is 0 Å². The molecule has 1 N–H and O–H groups in total. The summed E-state index contributed by atoms with van der Waals surface area (Å²) in [4.78, 5) is 2.55. The average Bonchev–Trinajstić information content (AvgIpc) is 2.42. The molecule has 3 heteroatoms. The lowest BCUT2D eigenvalue weighted by Gasteiger charge is -2.31. The maximum absolute atomic E-state index is 6.11. The molecule has 2 rings (SSSR count). The van der Waals surface area contributed by atoms with Crippen molar-refractivity contribution in [3.8, 4) is 0 Å². The van der Waals surface area contributed by atoms with Crippen LogP contribution in [0.15, 0.2) is 24.3 Å². The lowest BCUT2D eigenvalue weighted by atomic mass is 9.94. The number of benzene rings is 1. The van der Waals surface area contributed by atoms with Gasteiger partial charge in [-0.15, -0.1) is 0 Å². The van der Waals surface area contributed by atoms with E-state index in [0.29, 0.717) is 0 Å². The van der Waals surface area contributed by atoms with Crippen LogP contribution in [-0.4, -0.2) is 31.1 Å². The molecule has 0 aliphatic carbocycles. The first-order chi connectivity index (χ1) is 8.79. The van der Waals surface area contributed by atoms with Gasteiger partial charge in [0.15, 0.2) is 0 Å². The van der Waals surface area contributed by atoms with E-state index < -0.39 is 0 Å². The van der Waals surface area contributed by atoms with Gasteiger partial charge in [0.2, 0.25) is 0 Å². The fraction of sp³-hybridized carbons (Fsp3) is 0.600. The first-order valence-electron chi connectivity index (χ1n) is 7.00. The molecule has 0 amide bonds. The second kappa shape index (κ2) is 7.01. The average molecular weight is 267 g/mol. The molecular weight excluding hydrogens is 244 g/mol. The van der Waals surface area contributed by atoms with Gasteiger partial charge < -0.3 is 10.2 Å². The zero-order valence-corrected chi connectivity index (χ0v) is 11.9. The van der Waals surface area contributed by atoms with Gasteiger partial charge in [0, 0.05) is 13.1 Å². The molecule has 0 unspecified atom stereocenters. The van der Waals surface area contributed by atoms with Crippen LogP contribution in [-0.2, 0) is 0 Å². The number of hydrogen-bond donors (Lipinski definition) is 1. The summed E-state index contributed by atoms with van der Waals surface area (Å²) in [5, 5.41) is 4.22. The molecule has 1 aromatic carbocycles. The third-order valence-corrected chi connectivity index (χ3v) is 4.23. The molecule has 1 aliphatic rings. The second-order valence-electron chi connectivity index (χ2n) is 5.10. The minimum Gasteiger partial charge on any atom is -0.383 e. The molecule has 0 radical (unpaired) electrons. The fourth-order valence-electron chi connectivity index (χ4n) is 2.57. The van der Waals surface area contributed by atoms with Gasteiger partial charge in [0.1, 0.15) is 0 Å². The molecule has 1 aromatic rings. The van der Waals surface area contributed by atoms with Crippen molar-refractivity contribution in [2.45, 2.75) is 26.2 Å². The van der Waals surface area contributed by atoms with Gasteiger partial charge in [-0.1, -0.05) is 37.1 Å². The number of likely N-dealkylation sites (tertiary alicyclic amines) is 1. The summed E-state index contributed by atoms with van der Waals surface area (Å²) in [5.74, 6) is 0.956. The van der Waals surface area contributed by atoms with Gasteiger partial charge in [-0.25, -0.2) is 0 Å². The maximum atomic E-state index is 6.11. The summed E-state index contributed by atoms with van der Waals surface area (Å²) < 4.78 is 0. The lowest BCUT2D eigenvalue weighted by molar-refractivity contribution is 0.188. The Kier molecular flexibility index (Phi) is 5.33. The van der Waals surface area contributed by atoms with Crippen LogP contribution in [0.4, 0.5) is 5.69 Å². The Hall–Kier alpha value is -0.730. The predicted octanol–water partition coefficient (Wildman–Crippen LogP) is 3.87. The molecule has 1 fully saturated rings. The largest absolute Gasteiger partial charge is 0.383 e. The van der Waals surface area contributed by atoms with Gasteiger partial charge in [-0.05, 0) is 44.0 Å². The summed E-state index contributed by atoms with van der Waals surface area (Å²) in [6.45, 7) is 6.90. The zero-order valence-electron chi connectivity index (χ0n) is 11.2. The number of para-hydroxylation sites is 1. The minimum atomic E-state index is 0.808. The summed E-state index contributed by atoms with van der Waals surface area (Å²) in [6.07, 6.45) is 4.07. The molecular formula is C15H23ClN2. The molecule has 0 saturated carbocycles. The van der Waals surface area contributed by atoms with Gasteiger partial charge in [-0.3, -0.25) is 0 Å². The highest BCUT2D eigenvalue weighted by atomic mass is 35.5.